The number of pyridine rings is 1. The third-order valence-electron chi connectivity index (χ3n) is 3.12. The van der Waals surface area contributed by atoms with E-state index in [9.17, 15) is 4.79 Å². The highest BCUT2D eigenvalue weighted by atomic mass is 32.2. The fourth-order valence-corrected chi connectivity index (χ4v) is 3.62. The first-order valence-electron chi connectivity index (χ1n) is 7.47. The molecule has 3 aromatic rings. The Morgan fingerprint density at radius 2 is 1.67 bits per heavy atom. The first-order chi connectivity index (χ1) is 11.8. The second kappa shape index (κ2) is 8.57. The molecule has 1 aromatic heterocycles. The Hall–Kier alpha value is -2.24. The monoisotopic (exact) mass is 352 g/mol. The molecular formula is C19H16N2OS2. The van der Waals surface area contributed by atoms with Crippen molar-refractivity contribution in [1.82, 2.24) is 4.98 Å². The van der Waals surface area contributed by atoms with Crippen LogP contribution in [0.15, 0.2) is 93.8 Å². The highest BCUT2D eigenvalue weighted by Crippen LogP contribution is 2.33. The van der Waals surface area contributed by atoms with Crippen molar-refractivity contribution in [3.05, 3.63) is 79.0 Å². The van der Waals surface area contributed by atoms with E-state index in [-0.39, 0.29) is 5.91 Å². The largest absolute Gasteiger partial charge is 0.324 e. The van der Waals surface area contributed by atoms with E-state index < -0.39 is 0 Å². The smallest absolute Gasteiger partial charge is 0.234 e. The number of thioether (sulfide) groups is 1. The molecule has 0 atom stereocenters. The number of hydrogen-bond donors (Lipinski definition) is 1. The minimum atomic E-state index is -0.0354. The predicted octanol–water partition coefficient (Wildman–Crippen LogP) is 4.96. The van der Waals surface area contributed by atoms with Crippen LogP contribution in [-0.4, -0.2) is 16.6 Å². The van der Waals surface area contributed by atoms with Crippen LogP contribution >= 0.6 is 23.5 Å². The number of carbonyl (C=O) groups is 1. The average molecular weight is 352 g/mol. The Bertz CT molecular complexity index is 795. The fourth-order valence-electron chi connectivity index (χ4n) is 2.03. The summed E-state index contributed by atoms with van der Waals surface area (Å²) >= 11 is 3.06. The average Bonchev–Trinajstić information content (AvgIpc) is 2.63. The van der Waals surface area contributed by atoms with Crippen LogP contribution in [0.3, 0.4) is 0 Å². The van der Waals surface area contributed by atoms with E-state index in [0.717, 1.165) is 20.5 Å². The Labute approximate surface area is 149 Å². The zero-order valence-corrected chi connectivity index (χ0v) is 14.5. The molecule has 3 nitrogen and oxygen atoms in total. The Kier molecular flexibility index (Phi) is 5.93. The molecule has 24 heavy (non-hydrogen) atoms. The molecule has 0 spiro atoms. The van der Waals surface area contributed by atoms with Crippen LogP contribution in [0, 0.1) is 0 Å². The van der Waals surface area contributed by atoms with E-state index in [1.807, 2.05) is 60.7 Å². The second-order valence-electron chi connectivity index (χ2n) is 4.92. The molecule has 3 rings (SSSR count). The third-order valence-corrected chi connectivity index (χ3v) is 5.15. The number of hydrogen-bond acceptors (Lipinski definition) is 4. The van der Waals surface area contributed by atoms with Crippen molar-refractivity contribution in [3.63, 3.8) is 0 Å². The number of anilines is 1. The van der Waals surface area contributed by atoms with Crippen molar-refractivity contribution in [3.8, 4) is 0 Å². The number of aromatic nitrogens is 1. The fraction of sp³-hybridized carbons (Fsp3) is 0.0526. The van der Waals surface area contributed by atoms with Gasteiger partial charge in [-0.1, -0.05) is 59.9 Å². The summed E-state index contributed by atoms with van der Waals surface area (Å²) in [5.41, 5.74) is 0.831. The number of nitrogens with one attached hydrogen (secondary N) is 1. The molecule has 0 aliphatic heterocycles. The van der Waals surface area contributed by atoms with Gasteiger partial charge in [0.15, 0.2) is 0 Å². The molecule has 0 aliphatic rings. The summed E-state index contributed by atoms with van der Waals surface area (Å²) in [6.07, 6.45) is 1.73. The summed E-state index contributed by atoms with van der Waals surface area (Å²) in [7, 11) is 0. The quantitative estimate of drug-likeness (QED) is 0.637. The molecule has 1 heterocycles. The highest BCUT2D eigenvalue weighted by Gasteiger charge is 2.08. The molecule has 0 saturated carbocycles. The van der Waals surface area contributed by atoms with Gasteiger partial charge in [0.25, 0.3) is 0 Å². The van der Waals surface area contributed by atoms with E-state index in [1.54, 1.807) is 18.0 Å². The van der Waals surface area contributed by atoms with E-state index in [4.69, 9.17) is 0 Å². The van der Waals surface area contributed by atoms with Gasteiger partial charge in [0.2, 0.25) is 5.91 Å². The van der Waals surface area contributed by atoms with Gasteiger partial charge in [0.1, 0.15) is 0 Å². The predicted molar refractivity (Wildman–Crippen MR) is 101 cm³/mol. The topological polar surface area (TPSA) is 42.0 Å². The number of amides is 1. The molecule has 0 saturated heterocycles. The normalized spacial score (nSPS) is 10.3. The molecule has 0 fully saturated rings. The Balaban J connectivity index is 1.63. The Morgan fingerprint density at radius 1 is 0.917 bits per heavy atom. The van der Waals surface area contributed by atoms with Crippen molar-refractivity contribution >= 4 is 35.1 Å². The molecule has 0 unspecified atom stereocenters. The van der Waals surface area contributed by atoms with Gasteiger partial charge in [0, 0.05) is 16.0 Å². The van der Waals surface area contributed by atoms with Crippen molar-refractivity contribution in [2.24, 2.45) is 0 Å². The lowest BCUT2D eigenvalue weighted by atomic mass is 10.3. The highest BCUT2D eigenvalue weighted by molar-refractivity contribution is 8.00. The van der Waals surface area contributed by atoms with Gasteiger partial charge in [-0.2, -0.15) is 0 Å². The number of rotatable bonds is 6. The molecule has 2 aromatic carbocycles. The molecule has 120 valence electrons. The van der Waals surface area contributed by atoms with Crippen molar-refractivity contribution in [1.29, 1.82) is 0 Å². The van der Waals surface area contributed by atoms with E-state index in [1.165, 1.54) is 11.8 Å². The van der Waals surface area contributed by atoms with Gasteiger partial charge in [-0.25, -0.2) is 4.98 Å². The molecule has 0 bridgehead atoms. The van der Waals surface area contributed by atoms with E-state index in [0.29, 0.717) is 5.75 Å². The summed E-state index contributed by atoms with van der Waals surface area (Å²) in [5.74, 6) is 0.299. The first-order valence-corrected chi connectivity index (χ1v) is 9.27. The Morgan fingerprint density at radius 3 is 2.46 bits per heavy atom. The van der Waals surface area contributed by atoms with Crippen molar-refractivity contribution in [2.75, 3.05) is 11.1 Å². The number of benzene rings is 2. The van der Waals surface area contributed by atoms with E-state index in [2.05, 4.69) is 22.4 Å². The van der Waals surface area contributed by atoms with Crippen LogP contribution in [-0.2, 0) is 4.79 Å². The molecule has 5 heteroatoms. The minimum absolute atomic E-state index is 0.0354. The molecular weight excluding hydrogens is 336 g/mol. The standard InChI is InChI=1S/C19H16N2OS2/c22-18(14-23-19-12-6-7-13-20-19)21-16-10-4-5-11-17(16)24-15-8-2-1-3-9-15/h1-13H,14H2,(H,21,22). The van der Waals surface area contributed by atoms with E-state index >= 15 is 0 Å². The summed E-state index contributed by atoms with van der Waals surface area (Å²) in [4.78, 5) is 18.6. The summed E-state index contributed by atoms with van der Waals surface area (Å²) < 4.78 is 0. The lowest BCUT2D eigenvalue weighted by Crippen LogP contribution is -2.14. The van der Waals surface area contributed by atoms with Gasteiger partial charge < -0.3 is 5.32 Å². The number of carbonyl (C=O) groups excluding carboxylic acids is 1. The maximum atomic E-state index is 12.2. The van der Waals surface area contributed by atoms with Crippen LogP contribution in [0.2, 0.25) is 0 Å². The van der Waals surface area contributed by atoms with Crippen molar-refractivity contribution in [2.45, 2.75) is 14.8 Å². The summed E-state index contributed by atoms with van der Waals surface area (Å²) in [5, 5.41) is 3.84. The summed E-state index contributed by atoms with van der Waals surface area (Å²) in [6, 6.07) is 23.6. The minimum Gasteiger partial charge on any atom is -0.324 e. The SMILES string of the molecule is O=C(CSc1ccccn1)Nc1ccccc1Sc1ccccc1. The third kappa shape index (κ3) is 4.88. The molecule has 0 radical (unpaired) electrons. The maximum absolute atomic E-state index is 12.2. The maximum Gasteiger partial charge on any atom is 0.234 e. The van der Waals surface area contributed by atoms with Gasteiger partial charge >= 0.3 is 0 Å². The van der Waals surface area contributed by atoms with Crippen LogP contribution < -0.4 is 5.32 Å². The van der Waals surface area contributed by atoms with Gasteiger partial charge in [-0.15, -0.1) is 0 Å². The van der Waals surface area contributed by atoms with Crippen LogP contribution in [0.1, 0.15) is 0 Å². The van der Waals surface area contributed by atoms with Gasteiger partial charge in [-0.3, -0.25) is 4.79 Å². The van der Waals surface area contributed by atoms with Gasteiger partial charge in [0.05, 0.1) is 16.5 Å². The number of nitrogens with zero attached hydrogens (tertiary/aromatic N) is 1. The zero-order chi connectivity index (χ0) is 16.6. The second-order valence-corrected chi connectivity index (χ2v) is 7.03. The van der Waals surface area contributed by atoms with Gasteiger partial charge in [-0.05, 0) is 36.4 Å². The molecule has 0 aliphatic carbocycles. The zero-order valence-electron chi connectivity index (χ0n) is 12.9. The van der Waals surface area contributed by atoms with Crippen LogP contribution in [0.25, 0.3) is 0 Å². The summed E-state index contributed by atoms with van der Waals surface area (Å²) in [6.45, 7) is 0. The molecule has 1 N–H and O–H groups in total. The number of para-hydroxylation sites is 1. The van der Waals surface area contributed by atoms with Crippen LogP contribution in [0.4, 0.5) is 5.69 Å². The van der Waals surface area contributed by atoms with Crippen molar-refractivity contribution < 1.29 is 4.79 Å². The lowest BCUT2D eigenvalue weighted by molar-refractivity contribution is -0.113. The molecule has 1 amide bonds. The first kappa shape index (κ1) is 16.6. The van der Waals surface area contributed by atoms with Crippen LogP contribution in [0.5, 0.6) is 0 Å². The lowest BCUT2D eigenvalue weighted by Gasteiger charge is -2.10.